The third-order valence-electron chi connectivity index (χ3n) is 5.46. The highest BCUT2D eigenvalue weighted by Crippen LogP contribution is 2.44. The minimum atomic E-state index is -4.49. The number of hydrogen-bond acceptors (Lipinski definition) is 6. The molecule has 1 aliphatic heterocycles. The number of fused-ring (bicyclic) bond motifs is 1. The number of ether oxygens (including phenoxy) is 2. The van der Waals surface area contributed by atoms with Gasteiger partial charge in [-0.1, -0.05) is 12.1 Å². The van der Waals surface area contributed by atoms with Crippen LogP contribution in [0.3, 0.4) is 0 Å². The van der Waals surface area contributed by atoms with Gasteiger partial charge in [0.15, 0.2) is 23.2 Å². The zero-order chi connectivity index (χ0) is 23.6. The number of aromatic nitrogens is 2. The van der Waals surface area contributed by atoms with Crippen LogP contribution in [0.2, 0.25) is 0 Å². The van der Waals surface area contributed by atoms with E-state index in [0.717, 1.165) is 15.1 Å². The Morgan fingerprint density at radius 1 is 1.24 bits per heavy atom. The number of carbonyl (C=O) groups is 1. The van der Waals surface area contributed by atoms with Crippen LogP contribution in [-0.4, -0.2) is 42.6 Å². The molecular weight excluding hydrogens is 457 g/mol. The van der Waals surface area contributed by atoms with Crippen molar-refractivity contribution in [2.45, 2.75) is 31.1 Å². The highest BCUT2D eigenvalue weighted by Gasteiger charge is 2.47. The summed E-state index contributed by atoms with van der Waals surface area (Å²) in [6.45, 7) is 0.282. The van der Waals surface area contributed by atoms with Crippen LogP contribution in [-0.2, 0) is 6.42 Å². The summed E-state index contributed by atoms with van der Waals surface area (Å²) in [6.07, 6.45) is -4.18. The smallest absolute Gasteiger partial charge is 0.410 e. The maximum absolute atomic E-state index is 13.7. The van der Waals surface area contributed by atoms with Crippen molar-refractivity contribution in [2.24, 2.45) is 0 Å². The van der Waals surface area contributed by atoms with E-state index in [1.807, 2.05) is 17.5 Å². The lowest BCUT2D eigenvalue weighted by atomic mass is 10.0. The summed E-state index contributed by atoms with van der Waals surface area (Å²) in [5.74, 6) is 0.814. The molecule has 33 heavy (non-hydrogen) atoms. The van der Waals surface area contributed by atoms with Crippen LogP contribution < -0.4 is 20.1 Å². The van der Waals surface area contributed by atoms with Crippen LogP contribution in [0.5, 0.6) is 11.5 Å². The number of nitrogens with one attached hydrogen (secondary N) is 2. The predicted molar refractivity (Wildman–Crippen MR) is 118 cm³/mol. The van der Waals surface area contributed by atoms with E-state index in [9.17, 15) is 18.0 Å². The third-order valence-corrected chi connectivity index (χ3v) is 6.44. The molecule has 1 aliphatic rings. The van der Waals surface area contributed by atoms with Crippen LogP contribution in [0.15, 0.2) is 41.8 Å². The maximum Gasteiger partial charge on any atom is 0.410 e. The standard InChI is InChI=1S/C22H23F3N4O3S/c1-31-16-6-5-13(10-17(16)32-2)7-8-26-21(30)15-12-20-27-14(18-4-3-9-33-18)11-19(22(23,24)25)29(20)28-15/h3-6,9-10,12,14,19,27H,7-8,11H2,1-2H3,(H,26,30)/t14-,19-/m0/s1. The molecule has 4 rings (SSSR count). The Balaban J connectivity index is 1.45. The van der Waals surface area contributed by atoms with E-state index < -0.39 is 24.2 Å². The molecule has 3 aromatic rings. The number of rotatable bonds is 7. The van der Waals surface area contributed by atoms with Crippen molar-refractivity contribution in [2.75, 3.05) is 26.1 Å². The Kier molecular flexibility index (Phi) is 6.50. The second-order valence-electron chi connectivity index (χ2n) is 7.56. The van der Waals surface area contributed by atoms with E-state index in [-0.39, 0.29) is 24.5 Å². The maximum atomic E-state index is 13.7. The number of anilines is 1. The number of hydrogen-bond donors (Lipinski definition) is 2. The molecule has 11 heteroatoms. The zero-order valence-corrected chi connectivity index (χ0v) is 18.8. The molecule has 0 bridgehead atoms. The van der Waals surface area contributed by atoms with E-state index >= 15 is 0 Å². The summed E-state index contributed by atoms with van der Waals surface area (Å²) < 4.78 is 52.6. The number of alkyl halides is 3. The van der Waals surface area contributed by atoms with Gasteiger partial charge in [0.25, 0.3) is 5.91 Å². The lowest BCUT2D eigenvalue weighted by molar-refractivity contribution is -0.173. The lowest BCUT2D eigenvalue weighted by Gasteiger charge is -2.32. The largest absolute Gasteiger partial charge is 0.493 e. The SMILES string of the molecule is COc1ccc(CCNC(=O)c2cc3n(n2)[C@H](C(F)(F)F)C[C@@H](c2cccs2)N3)cc1OC. The normalized spacial score (nSPS) is 17.7. The van der Waals surface area contributed by atoms with E-state index in [2.05, 4.69) is 15.7 Å². The van der Waals surface area contributed by atoms with Gasteiger partial charge >= 0.3 is 6.18 Å². The van der Waals surface area contributed by atoms with Gasteiger partial charge in [0.05, 0.1) is 20.3 Å². The molecule has 2 atom stereocenters. The quantitative estimate of drug-likeness (QED) is 0.517. The molecule has 0 fully saturated rings. The van der Waals surface area contributed by atoms with Crippen molar-refractivity contribution in [3.8, 4) is 11.5 Å². The summed E-state index contributed by atoms with van der Waals surface area (Å²) in [5.41, 5.74) is 0.848. The summed E-state index contributed by atoms with van der Waals surface area (Å²) in [6, 6.07) is 8.08. The van der Waals surface area contributed by atoms with Gasteiger partial charge in [-0.15, -0.1) is 11.3 Å². The van der Waals surface area contributed by atoms with Crippen molar-refractivity contribution in [3.05, 3.63) is 57.9 Å². The number of methoxy groups -OCH3 is 2. The molecule has 0 unspecified atom stereocenters. The molecule has 0 spiro atoms. The minimum absolute atomic E-state index is 0.0640. The van der Waals surface area contributed by atoms with Gasteiger partial charge in [0.2, 0.25) is 0 Å². The van der Waals surface area contributed by atoms with E-state index in [4.69, 9.17) is 9.47 Å². The Bertz CT molecular complexity index is 1110. The zero-order valence-electron chi connectivity index (χ0n) is 18.0. The van der Waals surface area contributed by atoms with Gasteiger partial charge in [-0.05, 0) is 35.6 Å². The monoisotopic (exact) mass is 480 g/mol. The third kappa shape index (κ3) is 4.92. The fraction of sp³-hybridized carbons (Fsp3) is 0.364. The number of carbonyl (C=O) groups excluding carboxylic acids is 1. The summed E-state index contributed by atoms with van der Waals surface area (Å²) in [5, 5.41) is 11.6. The number of nitrogens with zero attached hydrogens (tertiary/aromatic N) is 2. The summed E-state index contributed by atoms with van der Waals surface area (Å²) >= 11 is 1.39. The predicted octanol–water partition coefficient (Wildman–Crippen LogP) is 4.59. The fourth-order valence-corrected chi connectivity index (χ4v) is 4.60. The van der Waals surface area contributed by atoms with Gasteiger partial charge in [0.1, 0.15) is 5.82 Å². The van der Waals surface area contributed by atoms with Crippen molar-refractivity contribution < 1.29 is 27.4 Å². The van der Waals surface area contributed by atoms with Crippen molar-refractivity contribution in [1.82, 2.24) is 15.1 Å². The highest BCUT2D eigenvalue weighted by atomic mass is 32.1. The van der Waals surface area contributed by atoms with Crippen LogP contribution >= 0.6 is 11.3 Å². The van der Waals surface area contributed by atoms with Gasteiger partial charge in [-0.2, -0.15) is 18.3 Å². The number of halogens is 3. The van der Waals surface area contributed by atoms with Crippen LogP contribution in [0.1, 0.15) is 39.4 Å². The topological polar surface area (TPSA) is 77.4 Å². The number of thiophene rings is 1. The van der Waals surface area contributed by atoms with Gasteiger partial charge in [-0.3, -0.25) is 4.79 Å². The van der Waals surface area contributed by atoms with Crippen LogP contribution in [0, 0.1) is 0 Å². The molecule has 0 saturated heterocycles. The first-order chi connectivity index (χ1) is 15.8. The van der Waals surface area contributed by atoms with Crippen molar-refractivity contribution >= 4 is 23.1 Å². The Morgan fingerprint density at radius 3 is 2.70 bits per heavy atom. The van der Waals surface area contributed by atoms with Crippen LogP contribution in [0.4, 0.5) is 19.0 Å². The molecule has 3 heterocycles. The first kappa shape index (κ1) is 23.0. The van der Waals surface area contributed by atoms with Gasteiger partial charge in [0, 0.05) is 23.9 Å². The molecule has 0 aliphatic carbocycles. The molecule has 2 N–H and O–H groups in total. The Morgan fingerprint density at radius 2 is 2.03 bits per heavy atom. The number of benzene rings is 1. The average molecular weight is 481 g/mol. The lowest BCUT2D eigenvalue weighted by Crippen LogP contribution is -2.35. The highest BCUT2D eigenvalue weighted by molar-refractivity contribution is 7.10. The Hall–Kier alpha value is -3.21. The molecule has 1 aromatic carbocycles. The van der Waals surface area contributed by atoms with E-state index in [1.165, 1.54) is 24.5 Å². The molecule has 1 amide bonds. The minimum Gasteiger partial charge on any atom is -0.493 e. The van der Waals surface area contributed by atoms with E-state index in [0.29, 0.717) is 17.9 Å². The van der Waals surface area contributed by atoms with E-state index in [1.54, 1.807) is 25.3 Å². The van der Waals surface area contributed by atoms with Crippen molar-refractivity contribution in [1.29, 1.82) is 0 Å². The molecule has 2 aromatic heterocycles. The van der Waals surface area contributed by atoms with Gasteiger partial charge in [-0.25, -0.2) is 4.68 Å². The van der Waals surface area contributed by atoms with Crippen molar-refractivity contribution in [3.63, 3.8) is 0 Å². The fourth-order valence-electron chi connectivity index (χ4n) is 3.81. The number of amides is 1. The molecular formula is C22H23F3N4O3S. The second kappa shape index (κ2) is 9.34. The molecule has 176 valence electrons. The summed E-state index contributed by atoms with van der Waals surface area (Å²) in [7, 11) is 3.08. The molecule has 0 saturated carbocycles. The van der Waals surface area contributed by atoms with Crippen LogP contribution in [0.25, 0.3) is 0 Å². The second-order valence-corrected chi connectivity index (χ2v) is 8.54. The first-order valence-electron chi connectivity index (χ1n) is 10.3. The summed E-state index contributed by atoms with van der Waals surface area (Å²) in [4.78, 5) is 13.4. The Labute approximate surface area is 192 Å². The van der Waals surface area contributed by atoms with Gasteiger partial charge < -0.3 is 20.1 Å². The molecule has 0 radical (unpaired) electrons. The molecule has 7 nitrogen and oxygen atoms in total. The first-order valence-corrected chi connectivity index (χ1v) is 11.1. The average Bonchev–Trinajstić information content (AvgIpc) is 3.47.